The van der Waals surface area contributed by atoms with E-state index in [9.17, 15) is 4.79 Å². The van der Waals surface area contributed by atoms with Crippen molar-refractivity contribution in [2.24, 2.45) is 5.92 Å². The van der Waals surface area contributed by atoms with E-state index in [0.29, 0.717) is 24.0 Å². The molecule has 0 aliphatic carbocycles. The third kappa shape index (κ3) is 4.55. The zero-order valence-electron chi connectivity index (χ0n) is 13.3. The van der Waals surface area contributed by atoms with Gasteiger partial charge >= 0.3 is 0 Å². The Morgan fingerprint density at radius 3 is 2.64 bits per heavy atom. The quantitative estimate of drug-likeness (QED) is 0.891. The van der Waals surface area contributed by atoms with E-state index in [2.05, 4.69) is 29.1 Å². The van der Waals surface area contributed by atoms with E-state index < -0.39 is 0 Å². The predicted octanol–water partition coefficient (Wildman–Crippen LogP) is 2.82. The van der Waals surface area contributed by atoms with Crippen LogP contribution in [0.2, 0.25) is 0 Å². The molecule has 1 aromatic heterocycles. The Morgan fingerprint density at radius 2 is 1.95 bits per heavy atom. The Morgan fingerprint density at radius 1 is 1.23 bits per heavy atom. The lowest BCUT2D eigenvalue weighted by Gasteiger charge is -2.17. The minimum absolute atomic E-state index is 0.112. The average molecular weight is 298 g/mol. The first-order valence-corrected chi connectivity index (χ1v) is 7.41. The maximum atomic E-state index is 12.4. The van der Waals surface area contributed by atoms with Crippen LogP contribution in [0.5, 0.6) is 0 Å². The lowest BCUT2D eigenvalue weighted by molar-refractivity contribution is 0.0779. The molecule has 0 aliphatic heterocycles. The lowest BCUT2D eigenvalue weighted by Crippen LogP contribution is -2.27. The van der Waals surface area contributed by atoms with Crippen LogP contribution in [0.1, 0.15) is 29.9 Å². The highest BCUT2D eigenvalue weighted by atomic mass is 16.2. The maximum Gasteiger partial charge on any atom is 0.272 e. The second-order valence-electron chi connectivity index (χ2n) is 5.71. The van der Waals surface area contributed by atoms with Crippen LogP contribution >= 0.6 is 0 Å². The summed E-state index contributed by atoms with van der Waals surface area (Å²) in [6, 6.07) is 11.6. The van der Waals surface area contributed by atoms with Crippen molar-refractivity contribution >= 4 is 11.7 Å². The number of nitrogens with one attached hydrogen (secondary N) is 1. The van der Waals surface area contributed by atoms with Crippen molar-refractivity contribution in [3.63, 3.8) is 0 Å². The Bertz CT molecular complexity index is 613. The van der Waals surface area contributed by atoms with Crippen molar-refractivity contribution in [1.82, 2.24) is 14.9 Å². The smallest absolute Gasteiger partial charge is 0.272 e. The molecule has 0 aliphatic rings. The van der Waals surface area contributed by atoms with Crippen LogP contribution in [0, 0.1) is 5.92 Å². The Labute approximate surface area is 131 Å². The molecule has 22 heavy (non-hydrogen) atoms. The van der Waals surface area contributed by atoms with Gasteiger partial charge in [0.1, 0.15) is 17.8 Å². The monoisotopic (exact) mass is 298 g/mol. The van der Waals surface area contributed by atoms with E-state index in [1.807, 2.05) is 30.3 Å². The molecule has 1 aromatic carbocycles. The number of nitrogens with zero attached hydrogens (tertiary/aromatic N) is 3. The van der Waals surface area contributed by atoms with Crippen molar-refractivity contribution in [3.05, 3.63) is 54.0 Å². The minimum atomic E-state index is -0.112. The van der Waals surface area contributed by atoms with Gasteiger partial charge < -0.3 is 10.2 Å². The largest absolute Gasteiger partial charge is 0.370 e. The van der Waals surface area contributed by atoms with Crippen molar-refractivity contribution in [2.75, 3.05) is 18.9 Å². The normalized spacial score (nSPS) is 10.5. The zero-order chi connectivity index (χ0) is 15.9. The van der Waals surface area contributed by atoms with Gasteiger partial charge in [-0.15, -0.1) is 0 Å². The Balaban J connectivity index is 2.03. The summed E-state index contributed by atoms with van der Waals surface area (Å²) in [5.41, 5.74) is 1.49. The predicted molar refractivity (Wildman–Crippen MR) is 87.6 cm³/mol. The van der Waals surface area contributed by atoms with E-state index in [0.717, 1.165) is 12.1 Å². The highest BCUT2D eigenvalue weighted by molar-refractivity contribution is 5.92. The molecule has 0 bridgehead atoms. The second kappa shape index (κ2) is 7.54. The first-order chi connectivity index (χ1) is 10.6. The number of carbonyl (C=O) groups excluding carboxylic acids is 1. The van der Waals surface area contributed by atoms with Gasteiger partial charge in [0.25, 0.3) is 5.91 Å². The molecule has 116 valence electrons. The molecule has 0 saturated heterocycles. The van der Waals surface area contributed by atoms with Crippen molar-refractivity contribution in [1.29, 1.82) is 0 Å². The highest BCUT2D eigenvalue weighted by Gasteiger charge is 2.14. The van der Waals surface area contributed by atoms with Gasteiger partial charge in [0.15, 0.2) is 0 Å². The molecular formula is C17H22N4O. The molecule has 1 heterocycles. The minimum Gasteiger partial charge on any atom is -0.370 e. The van der Waals surface area contributed by atoms with E-state index in [4.69, 9.17) is 0 Å². The summed E-state index contributed by atoms with van der Waals surface area (Å²) in [5.74, 6) is 1.08. The average Bonchev–Trinajstić information content (AvgIpc) is 2.53. The SMILES string of the molecule is CC(C)CNc1cc(C(=O)N(C)Cc2ccccc2)ncn1. The fourth-order valence-electron chi connectivity index (χ4n) is 2.00. The summed E-state index contributed by atoms with van der Waals surface area (Å²) in [7, 11) is 1.78. The van der Waals surface area contributed by atoms with Crippen LogP contribution in [0.15, 0.2) is 42.7 Å². The fourth-order valence-corrected chi connectivity index (χ4v) is 2.00. The zero-order valence-corrected chi connectivity index (χ0v) is 13.3. The number of rotatable bonds is 6. The molecule has 1 N–H and O–H groups in total. The molecule has 0 spiro atoms. The summed E-state index contributed by atoms with van der Waals surface area (Å²) in [5, 5.41) is 3.21. The molecule has 1 amide bonds. The van der Waals surface area contributed by atoms with E-state index in [1.165, 1.54) is 6.33 Å². The van der Waals surface area contributed by atoms with Gasteiger partial charge in [-0.2, -0.15) is 0 Å². The number of carbonyl (C=O) groups is 1. The van der Waals surface area contributed by atoms with Gasteiger partial charge in [0.05, 0.1) is 0 Å². The van der Waals surface area contributed by atoms with Gasteiger partial charge in [0, 0.05) is 26.2 Å². The molecule has 0 radical (unpaired) electrons. The number of benzene rings is 1. The van der Waals surface area contributed by atoms with Crippen molar-refractivity contribution in [3.8, 4) is 0 Å². The van der Waals surface area contributed by atoms with Crippen molar-refractivity contribution in [2.45, 2.75) is 20.4 Å². The standard InChI is InChI=1S/C17H22N4O/c1-13(2)10-18-16-9-15(19-12-20-16)17(22)21(3)11-14-7-5-4-6-8-14/h4-9,12-13H,10-11H2,1-3H3,(H,18,19,20). The molecule has 5 heteroatoms. The molecular weight excluding hydrogens is 276 g/mol. The second-order valence-corrected chi connectivity index (χ2v) is 5.71. The van der Waals surface area contributed by atoms with E-state index in [1.54, 1.807) is 18.0 Å². The highest BCUT2D eigenvalue weighted by Crippen LogP contribution is 2.10. The van der Waals surface area contributed by atoms with Crippen molar-refractivity contribution < 1.29 is 4.79 Å². The Hall–Kier alpha value is -2.43. The van der Waals surface area contributed by atoms with Crippen LogP contribution in [0.25, 0.3) is 0 Å². The Kier molecular flexibility index (Phi) is 5.47. The molecule has 2 rings (SSSR count). The molecule has 0 fully saturated rings. The lowest BCUT2D eigenvalue weighted by atomic mass is 10.2. The molecule has 2 aromatic rings. The first kappa shape index (κ1) is 15.9. The number of aromatic nitrogens is 2. The summed E-state index contributed by atoms with van der Waals surface area (Å²) in [6.07, 6.45) is 1.42. The molecule has 0 saturated carbocycles. The molecule has 0 atom stereocenters. The van der Waals surface area contributed by atoms with Crippen LogP contribution < -0.4 is 5.32 Å². The van der Waals surface area contributed by atoms with E-state index >= 15 is 0 Å². The van der Waals surface area contributed by atoms with E-state index in [-0.39, 0.29) is 5.91 Å². The van der Waals surface area contributed by atoms with Crippen LogP contribution in [-0.4, -0.2) is 34.4 Å². The fraction of sp³-hybridized carbons (Fsp3) is 0.353. The van der Waals surface area contributed by atoms with Gasteiger partial charge in [-0.3, -0.25) is 4.79 Å². The van der Waals surface area contributed by atoms with Gasteiger partial charge in [-0.1, -0.05) is 44.2 Å². The summed E-state index contributed by atoms with van der Waals surface area (Å²) < 4.78 is 0. The van der Waals surface area contributed by atoms with Crippen LogP contribution in [-0.2, 0) is 6.54 Å². The third-order valence-corrected chi connectivity index (χ3v) is 3.19. The topological polar surface area (TPSA) is 58.1 Å². The summed E-state index contributed by atoms with van der Waals surface area (Å²) in [4.78, 5) is 22.3. The summed E-state index contributed by atoms with van der Waals surface area (Å²) >= 11 is 0. The van der Waals surface area contributed by atoms with Gasteiger partial charge in [0.2, 0.25) is 0 Å². The number of amides is 1. The molecule has 5 nitrogen and oxygen atoms in total. The molecule has 0 unspecified atom stereocenters. The van der Waals surface area contributed by atoms with Gasteiger partial charge in [-0.25, -0.2) is 9.97 Å². The third-order valence-electron chi connectivity index (χ3n) is 3.19. The number of hydrogen-bond donors (Lipinski definition) is 1. The summed E-state index contributed by atoms with van der Waals surface area (Å²) in [6.45, 7) is 5.60. The first-order valence-electron chi connectivity index (χ1n) is 7.41. The van der Waals surface area contributed by atoms with Gasteiger partial charge in [-0.05, 0) is 11.5 Å². The van der Waals surface area contributed by atoms with Crippen LogP contribution in [0.4, 0.5) is 5.82 Å². The maximum absolute atomic E-state index is 12.4. The number of anilines is 1. The van der Waals surface area contributed by atoms with Crippen LogP contribution in [0.3, 0.4) is 0 Å². The number of hydrogen-bond acceptors (Lipinski definition) is 4.